The molecule has 5 aliphatic heterocycles. The van der Waals surface area contributed by atoms with Gasteiger partial charge in [-0.2, -0.15) is 11.8 Å². The summed E-state index contributed by atoms with van der Waals surface area (Å²) in [7, 11) is 5.19. The van der Waals surface area contributed by atoms with Gasteiger partial charge in [-0.1, -0.05) is 25.5 Å². The number of nitrogens with zero attached hydrogens (tertiary/aromatic N) is 1. The highest BCUT2D eigenvalue weighted by Crippen LogP contribution is 2.56. The lowest BCUT2D eigenvalue weighted by atomic mass is 9.66. The standard InChI is InChI=1S/C33H44N4O6S/c1-5-19-16-37(2)13-12-33(28(37)15-21(19)22(17-42-3)30(39)43-4)23-11-10-20(14-24(23)34-31(33)40)26(38)8-6-7-9-27-29-25(18-44-27)35-32(41)36-29/h10-11,14,17,19,21,25,27-29H,5-9,12-13,15-16,18H2,1-4H3,(H2-,34,35,36,40,41)/p+1. The molecule has 238 valence electrons. The summed E-state index contributed by atoms with van der Waals surface area (Å²) in [6.45, 7) is 3.90. The minimum absolute atomic E-state index is 0.00570. The number of hydrogen-bond acceptors (Lipinski definition) is 7. The number of ketones is 1. The van der Waals surface area contributed by atoms with E-state index in [0.717, 1.165) is 66.7 Å². The fourth-order valence-corrected chi connectivity index (χ4v) is 10.5. The number of ether oxygens (including phenoxy) is 2. The highest BCUT2D eigenvalue weighted by Gasteiger charge is 2.66. The van der Waals surface area contributed by atoms with E-state index in [9.17, 15) is 19.2 Å². The number of hydrogen-bond donors (Lipinski definition) is 3. The van der Waals surface area contributed by atoms with Gasteiger partial charge in [-0.15, -0.1) is 0 Å². The first-order valence-corrected chi connectivity index (χ1v) is 17.0. The molecule has 0 aromatic heterocycles. The predicted octanol–water partition coefficient (Wildman–Crippen LogP) is 3.75. The molecule has 3 amide bonds. The van der Waals surface area contributed by atoms with Crippen molar-refractivity contribution in [1.82, 2.24) is 10.6 Å². The van der Waals surface area contributed by atoms with Crippen molar-refractivity contribution in [3.63, 3.8) is 0 Å². The number of amides is 3. The number of fused-ring (bicyclic) bond motifs is 5. The molecule has 8 atom stereocenters. The van der Waals surface area contributed by atoms with Crippen molar-refractivity contribution < 1.29 is 33.1 Å². The molecule has 0 saturated carbocycles. The third-order valence-corrected chi connectivity index (χ3v) is 12.7. The van der Waals surface area contributed by atoms with E-state index in [0.29, 0.717) is 29.2 Å². The molecule has 1 aromatic rings. The second kappa shape index (κ2) is 12.0. The lowest BCUT2D eigenvalue weighted by molar-refractivity contribution is -0.932. The molecule has 44 heavy (non-hydrogen) atoms. The lowest BCUT2D eigenvalue weighted by Crippen LogP contribution is -2.62. The summed E-state index contributed by atoms with van der Waals surface area (Å²) < 4.78 is 11.2. The predicted molar refractivity (Wildman–Crippen MR) is 168 cm³/mol. The Kier molecular flexibility index (Phi) is 8.47. The first-order valence-electron chi connectivity index (χ1n) is 16.0. The number of urea groups is 1. The van der Waals surface area contributed by atoms with Gasteiger partial charge in [-0.05, 0) is 30.9 Å². The Labute approximate surface area is 263 Å². The van der Waals surface area contributed by atoms with Crippen LogP contribution in [0, 0.1) is 11.8 Å². The van der Waals surface area contributed by atoms with Crippen LogP contribution in [0.15, 0.2) is 30.0 Å². The summed E-state index contributed by atoms with van der Waals surface area (Å²) in [6.07, 6.45) is 6.97. The number of methoxy groups -OCH3 is 2. The fourth-order valence-electron chi connectivity index (χ4n) is 8.95. The molecule has 10 nitrogen and oxygen atoms in total. The number of benzene rings is 1. The zero-order chi connectivity index (χ0) is 31.2. The second-order valence-electron chi connectivity index (χ2n) is 13.4. The Morgan fingerprint density at radius 3 is 2.75 bits per heavy atom. The van der Waals surface area contributed by atoms with Crippen molar-refractivity contribution in [3.8, 4) is 0 Å². The Morgan fingerprint density at radius 2 is 2.00 bits per heavy atom. The van der Waals surface area contributed by atoms with Crippen LogP contribution in [0.25, 0.3) is 0 Å². The summed E-state index contributed by atoms with van der Waals surface area (Å²) in [4.78, 5) is 51.6. The quantitative estimate of drug-likeness (QED) is 0.0689. The number of anilines is 1. The fraction of sp³-hybridized carbons (Fsp3) is 0.636. The van der Waals surface area contributed by atoms with E-state index in [-0.39, 0.29) is 53.7 Å². The molecule has 11 heteroatoms. The molecule has 0 aliphatic carbocycles. The molecule has 3 N–H and O–H groups in total. The van der Waals surface area contributed by atoms with Gasteiger partial charge in [-0.3, -0.25) is 9.59 Å². The van der Waals surface area contributed by atoms with E-state index in [1.807, 2.05) is 30.0 Å². The van der Waals surface area contributed by atoms with Crippen molar-refractivity contribution in [2.75, 3.05) is 45.4 Å². The van der Waals surface area contributed by atoms with Crippen LogP contribution < -0.4 is 16.0 Å². The van der Waals surface area contributed by atoms with E-state index in [1.54, 1.807) is 7.11 Å². The molecule has 5 aliphatic rings. The lowest BCUT2D eigenvalue weighted by Gasteiger charge is -2.49. The third kappa shape index (κ3) is 5.09. The first-order chi connectivity index (χ1) is 21.1. The van der Waals surface area contributed by atoms with Crippen LogP contribution in [0.4, 0.5) is 10.5 Å². The highest BCUT2D eigenvalue weighted by atomic mass is 32.2. The number of esters is 1. The SMILES string of the molecule is CCC1C[N+]2(C)CCC3(C(=O)Nc4cc(C(=O)CCCCC5SCC6NC(=O)NC65)ccc43)C2CC1C(=COC)C(=O)OC. The number of quaternary nitrogens is 1. The number of Topliss-reactive ketones (excluding diaryl/α,β-unsaturated/α-hetero) is 1. The average Bonchev–Trinajstić information content (AvgIpc) is 3.73. The topological polar surface area (TPSA) is 123 Å². The Balaban J connectivity index is 1.16. The molecular weight excluding hydrogens is 580 g/mol. The van der Waals surface area contributed by atoms with Crippen molar-refractivity contribution >= 4 is 41.1 Å². The molecule has 5 heterocycles. The van der Waals surface area contributed by atoms with Gasteiger partial charge in [0.1, 0.15) is 11.5 Å². The van der Waals surface area contributed by atoms with Crippen molar-refractivity contribution in [3.05, 3.63) is 41.2 Å². The largest absolute Gasteiger partial charge is 0.504 e. The minimum Gasteiger partial charge on any atom is -0.504 e. The van der Waals surface area contributed by atoms with Gasteiger partial charge in [-0.25, -0.2) is 9.59 Å². The average molecular weight is 626 g/mol. The van der Waals surface area contributed by atoms with Gasteiger partial charge >= 0.3 is 12.0 Å². The molecule has 1 aromatic carbocycles. The Bertz CT molecular complexity index is 1380. The van der Waals surface area contributed by atoms with Gasteiger partial charge < -0.3 is 29.9 Å². The van der Waals surface area contributed by atoms with Crippen LogP contribution in [0.3, 0.4) is 0 Å². The van der Waals surface area contributed by atoms with Crippen LogP contribution >= 0.6 is 11.8 Å². The van der Waals surface area contributed by atoms with Crippen molar-refractivity contribution in [1.29, 1.82) is 0 Å². The van der Waals surface area contributed by atoms with E-state index >= 15 is 0 Å². The number of rotatable bonds is 10. The number of nitrogens with one attached hydrogen (secondary N) is 3. The molecule has 1 spiro atoms. The molecule has 0 bridgehead atoms. The summed E-state index contributed by atoms with van der Waals surface area (Å²) in [5, 5.41) is 9.55. The van der Waals surface area contributed by atoms with E-state index in [2.05, 4.69) is 29.9 Å². The normalized spacial score (nSPS) is 35.4. The second-order valence-corrected chi connectivity index (χ2v) is 14.7. The van der Waals surface area contributed by atoms with Crippen molar-refractivity contribution in [2.24, 2.45) is 11.8 Å². The number of unbranched alkanes of at least 4 members (excludes halogenated alkanes) is 1. The van der Waals surface area contributed by atoms with Crippen molar-refractivity contribution in [2.45, 2.75) is 80.7 Å². The van der Waals surface area contributed by atoms with E-state index < -0.39 is 5.41 Å². The number of carbonyl (C=O) groups excluding carboxylic acids is 4. The van der Waals surface area contributed by atoms with Crippen LogP contribution in [0.1, 0.15) is 67.8 Å². The van der Waals surface area contributed by atoms with Crippen LogP contribution in [0.5, 0.6) is 0 Å². The molecule has 4 fully saturated rings. The zero-order valence-electron chi connectivity index (χ0n) is 26.1. The Hall–Kier alpha value is -3.05. The Morgan fingerprint density at radius 1 is 1.18 bits per heavy atom. The molecular formula is C33H45N4O6S+. The molecule has 4 saturated heterocycles. The molecule has 8 unspecified atom stereocenters. The van der Waals surface area contributed by atoms with E-state index in [4.69, 9.17) is 9.47 Å². The summed E-state index contributed by atoms with van der Waals surface area (Å²) in [5.74, 6) is 0.813. The van der Waals surface area contributed by atoms with Crippen LogP contribution in [-0.2, 0) is 24.5 Å². The van der Waals surface area contributed by atoms with E-state index in [1.165, 1.54) is 13.4 Å². The summed E-state index contributed by atoms with van der Waals surface area (Å²) in [6, 6.07) is 6.05. The monoisotopic (exact) mass is 625 g/mol. The number of likely N-dealkylation sites (N-methyl/N-ethyl adjacent to an activating group) is 1. The maximum atomic E-state index is 13.9. The smallest absolute Gasteiger partial charge is 0.337 e. The van der Waals surface area contributed by atoms with Gasteiger partial charge in [0.25, 0.3) is 0 Å². The minimum atomic E-state index is -0.710. The molecule has 6 rings (SSSR count). The van der Waals surface area contributed by atoms with Gasteiger partial charge in [0.05, 0.1) is 58.3 Å². The summed E-state index contributed by atoms with van der Waals surface area (Å²) >= 11 is 1.89. The van der Waals surface area contributed by atoms with Gasteiger partial charge in [0, 0.05) is 53.4 Å². The first kappa shape index (κ1) is 31.0. The third-order valence-electron chi connectivity index (χ3n) is 11.2. The number of piperidine rings is 1. The van der Waals surface area contributed by atoms with Gasteiger partial charge in [0.15, 0.2) is 5.78 Å². The van der Waals surface area contributed by atoms with Gasteiger partial charge in [0.2, 0.25) is 5.91 Å². The van der Waals surface area contributed by atoms with Crippen LogP contribution in [-0.4, -0.2) is 91.7 Å². The number of carbonyl (C=O) groups is 4. The number of thioether (sulfide) groups is 1. The zero-order valence-corrected chi connectivity index (χ0v) is 27.0. The van der Waals surface area contributed by atoms with Crippen LogP contribution in [0.2, 0.25) is 0 Å². The maximum Gasteiger partial charge on any atom is 0.337 e. The summed E-state index contributed by atoms with van der Waals surface area (Å²) in [5.41, 5.74) is 2.16. The molecule has 0 radical (unpaired) electrons. The maximum absolute atomic E-state index is 13.9. The highest BCUT2D eigenvalue weighted by molar-refractivity contribution is 8.00.